The van der Waals surface area contributed by atoms with E-state index in [4.69, 9.17) is 5.11 Å². The smallest absolute Gasteiger partial charge is 0.371 e. The molecule has 0 aliphatic heterocycles. The lowest BCUT2D eigenvalue weighted by Crippen LogP contribution is -2.11. The Morgan fingerprint density at radius 1 is 1.41 bits per heavy atom. The fourth-order valence-corrected chi connectivity index (χ4v) is 2.00. The van der Waals surface area contributed by atoms with Gasteiger partial charge in [-0.25, -0.2) is 4.79 Å². The molecule has 0 aliphatic carbocycles. The zero-order chi connectivity index (χ0) is 12.5. The molecule has 0 amide bonds. The topological polar surface area (TPSA) is 123 Å². The van der Waals surface area contributed by atoms with Crippen molar-refractivity contribution in [3.8, 4) is 0 Å². The second kappa shape index (κ2) is 3.94. The lowest BCUT2D eigenvalue weighted by Gasteiger charge is -2.00. The van der Waals surface area contributed by atoms with Crippen LogP contribution in [0.2, 0.25) is 0 Å². The van der Waals surface area contributed by atoms with Crippen molar-refractivity contribution >= 4 is 21.7 Å². The van der Waals surface area contributed by atoms with Gasteiger partial charge in [-0.1, -0.05) is 5.16 Å². The molecule has 0 atom stereocenters. The standard InChI is InChI=1S/C8H6N2O6S/c11-8(12)6-1-2-7(16-6)17(13,14)10-5-3-9-15-4-5/h1-4,10H,(H,11,12). The number of furan rings is 1. The van der Waals surface area contributed by atoms with Crippen LogP contribution in [0.15, 0.2) is 38.6 Å². The van der Waals surface area contributed by atoms with Crippen molar-refractivity contribution in [3.05, 3.63) is 30.4 Å². The van der Waals surface area contributed by atoms with Gasteiger partial charge in [0, 0.05) is 0 Å². The number of carboxylic acid groups (broad SMARTS) is 1. The molecule has 2 heterocycles. The Bertz CT molecular complexity index is 627. The molecule has 90 valence electrons. The summed E-state index contributed by atoms with van der Waals surface area (Å²) in [4.78, 5) is 10.5. The molecule has 0 fully saturated rings. The number of nitrogens with zero attached hydrogens (tertiary/aromatic N) is 1. The number of hydrogen-bond donors (Lipinski definition) is 2. The van der Waals surface area contributed by atoms with Crippen LogP contribution in [-0.4, -0.2) is 24.7 Å². The molecule has 0 aliphatic rings. The van der Waals surface area contributed by atoms with Crippen molar-refractivity contribution in [1.82, 2.24) is 5.16 Å². The van der Waals surface area contributed by atoms with Crippen LogP contribution in [0.5, 0.6) is 0 Å². The lowest BCUT2D eigenvalue weighted by molar-refractivity contribution is 0.0656. The van der Waals surface area contributed by atoms with E-state index in [0.717, 1.165) is 24.6 Å². The van der Waals surface area contributed by atoms with E-state index < -0.39 is 26.8 Å². The van der Waals surface area contributed by atoms with Crippen LogP contribution in [0.4, 0.5) is 5.69 Å². The maximum atomic E-state index is 11.7. The molecule has 0 unspecified atom stereocenters. The SMILES string of the molecule is O=C(O)c1ccc(S(=O)(=O)Nc2cnoc2)o1. The monoisotopic (exact) mass is 258 g/mol. The van der Waals surface area contributed by atoms with Crippen molar-refractivity contribution in [2.75, 3.05) is 4.72 Å². The van der Waals surface area contributed by atoms with Crippen LogP contribution in [-0.2, 0) is 10.0 Å². The summed E-state index contributed by atoms with van der Waals surface area (Å²) in [6.45, 7) is 0. The molecule has 9 heteroatoms. The van der Waals surface area contributed by atoms with E-state index >= 15 is 0 Å². The number of aromatic carboxylic acids is 1. The highest BCUT2D eigenvalue weighted by molar-refractivity contribution is 7.92. The van der Waals surface area contributed by atoms with Crippen LogP contribution in [0.25, 0.3) is 0 Å². The minimum absolute atomic E-state index is 0.110. The van der Waals surface area contributed by atoms with Crippen molar-refractivity contribution in [2.24, 2.45) is 0 Å². The molecular formula is C8H6N2O6S. The fraction of sp³-hybridized carbons (Fsp3) is 0. The largest absolute Gasteiger partial charge is 0.475 e. The van der Waals surface area contributed by atoms with Gasteiger partial charge in [0.1, 0.15) is 12.0 Å². The molecule has 0 spiro atoms. The number of sulfonamides is 1. The molecule has 0 bridgehead atoms. The van der Waals surface area contributed by atoms with Gasteiger partial charge in [0.05, 0.1) is 6.20 Å². The molecule has 8 nitrogen and oxygen atoms in total. The highest BCUT2D eigenvalue weighted by atomic mass is 32.2. The second-order valence-electron chi connectivity index (χ2n) is 2.94. The van der Waals surface area contributed by atoms with E-state index in [0.29, 0.717) is 0 Å². The van der Waals surface area contributed by atoms with Crippen LogP contribution in [0, 0.1) is 0 Å². The number of aromatic nitrogens is 1. The van der Waals surface area contributed by atoms with Crippen molar-refractivity contribution in [1.29, 1.82) is 0 Å². The third-order valence-electron chi connectivity index (χ3n) is 1.74. The Hall–Kier alpha value is -2.29. The first-order chi connectivity index (χ1) is 7.99. The van der Waals surface area contributed by atoms with Crippen LogP contribution in [0.1, 0.15) is 10.6 Å². The van der Waals surface area contributed by atoms with Gasteiger partial charge in [-0.3, -0.25) is 4.72 Å². The maximum absolute atomic E-state index is 11.7. The van der Waals surface area contributed by atoms with Gasteiger partial charge in [0.15, 0.2) is 0 Å². The average molecular weight is 258 g/mol. The van der Waals surface area contributed by atoms with Crippen LogP contribution in [0.3, 0.4) is 0 Å². The summed E-state index contributed by atoms with van der Waals surface area (Å²) in [6, 6.07) is 2.09. The average Bonchev–Trinajstić information content (AvgIpc) is 2.84. The molecule has 2 aromatic heterocycles. The van der Waals surface area contributed by atoms with E-state index in [9.17, 15) is 13.2 Å². The van der Waals surface area contributed by atoms with E-state index in [1.54, 1.807) is 0 Å². The molecule has 0 saturated heterocycles. The Morgan fingerprint density at radius 3 is 2.71 bits per heavy atom. The number of nitrogens with one attached hydrogen (secondary N) is 1. The normalized spacial score (nSPS) is 11.3. The molecule has 2 aromatic rings. The minimum Gasteiger partial charge on any atom is -0.475 e. The number of hydrogen-bond acceptors (Lipinski definition) is 6. The molecule has 17 heavy (non-hydrogen) atoms. The van der Waals surface area contributed by atoms with Gasteiger partial charge in [-0.15, -0.1) is 0 Å². The van der Waals surface area contributed by atoms with Crippen LogP contribution < -0.4 is 4.72 Å². The van der Waals surface area contributed by atoms with E-state index in [1.165, 1.54) is 0 Å². The Kier molecular flexibility index (Phi) is 2.60. The fourth-order valence-electron chi connectivity index (χ4n) is 1.04. The second-order valence-corrected chi connectivity index (χ2v) is 4.56. The first-order valence-electron chi connectivity index (χ1n) is 4.24. The van der Waals surface area contributed by atoms with Gasteiger partial charge >= 0.3 is 5.97 Å². The van der Waals surface area contributed by atoms with Gasteiger partial charge in [-0.05, 0) is 12.1 Å². The Balaban J connectivity index is 2.28. The summed E-state index contributed by atoms with van der Waals surface area (Å²) < 4.78 is 34.5. The molecule has 0 saturated carbocycles. The quantitative estimate of drug-likeness (QED) is 0.829. The molecular weight excluding hydrogens is 252 g/mol. The van der Waals surface area contributed by atoms with Crippen molar-refractivity contribution in [2.45, 2.75) is 5.09 Å². The van der Waals surface area contributed by atoms with Crippen LogP contribution >= 0.6 is 0 Å². The zero-order valence-electron chi connectivity index (χ0n) is 8.15. The van der Waals surface area contributed by atoms with Gasteiger partial charge in [0.2, 0.25) is 10.9 Å². The summed E-state index contributed by atoms with van der Waals surface area (Å²) in [5.74, 6) is -1.81. The molecule has 2 N–H and O–H groups in total. The first-order valence-corrected chi connectivity index (χ1v) is 5.73. The predicted octanol–water partition coefficient (Wildman–Crippen LogP) is 0.767. The van der Waals surface area contributed by atoms with Gasteiger partial charge in [0.25, 0.3) is 10.0 Å². The summed E-state index contributed by atoms with van der Waals surface area (Å²) in [7, 11) is -3.98. The molecule has 0 radical (unpaired) electrons. The first kappa shape index (κ1) is 11.2. The molecule has 0 aromatic carbocycles. The number of carbonyl (C=O) groups is 1. The highest BCUT2D eigenvalue weighted by Gasteiger charge is 2.21. The summed E-state index contributed by atoms with van der Waals surface area (Å²) in [5.41, 5.74) is 0.110. The maximum Gasteiger partial charge on any atom is 0.371 e. The van der Waals surface area contributed by atoms with E-state index in [1.807, 2.05) is 0 Å². The van der Waals surface area contributed by atoms with Crippen molar-refractivity contribution < 1.29 is 27.3 Å². The summed E-state index contributed by atoms with van der Waals surface area (Å²) in [5, 5.41) is 11.4. The van der Waals surface area contributed by atoms with E-state index in [-0.39, 0.29) is 5.69 Å². The Labute approximate surface area is 94.9 Å². The third kappa shape index (κ3) is 2.28. The summed E-state index contributed by atoms with van der Waals surface area (Å²) >= 11 is 0. The van der Waals surface area contributed by atoms with Gasteiger partial charge < -0.3 is 14.0 Å². The third-order valence-corrected chi connectivity index (χ3v) is 3.00. The lowest BCUT2D eigenvalue weighted by atomic mass is 10.5. The number of anilines is 1. The number of rotatable bonds is 4. The van der Waals surface area contributed by atoms with Gasteiger partial charge in [-0.2, -0.15) is 8.42 Å². The molecule has 2 rings (SSSR count). The minimum atomic E-state index is -3.98. The predicted molar refractivity (Wildman–Crippen MR) is 53.0 cm³/mol. The summed E-state index contributed by atoms with van der Waals surface area (Å²) in [6.07, 6.45) is 2.23. The van der Waals surface area contributed by atoms with E-state index in [2.05, 4.69) is 18.8 Å². The number of carboxylic acids is 1. The highest BCUT2D eigenvalue weighted by Crippen LogP contribution is 2.17. The zero-order valence-corrected chi connectivity index (χ0v) is 8.97. The Morgan fingerprint density at radius 2 is 2.18 bits per heavy atom. The van der Waals surface area contributed by atoms with Crippen molar-refractivity contribution in [3.63, 3.8) is 0 Å².